The topological polar surface area (TPSA) is 111 Å². The van der Waals surface area contributed by atoms with Gasteiger partial charge in [0.1, 0.15) is 11.5 Å². The highest BCUT2D eigenvalue weighted by molar-refractivity contribution is 5.99. The first-order valence-electron chi connectivity index (χ1n) is 9.13. The van der Waals surface area contributed by atoms with E-state index in [2.05, 4.69) is 10.6 Å². The summed E-state index contributed by atoms with van der Waals surface area (Å²) in [7, 11) is 0. The fraction of sp³-hybridized carbons (Fsp3) is 0.0909. The maximum absolute atomic E-state index is 12.6. The number of nitro groups is 1. The zero-order valence-corrected chi connectivity index (χ0v) is 15.9. The van der Waals surface area contributed by atoms with Crippen molar-refractivity contribution in [1.29, 1.82) is 0 Å². The number of nitro benzene ring substituents is 1. The number of hydrogen-bond acceptors (Lipinski definition) is 5. The molecule has 0 atom stereocenters. The number of carbonyl (C=O) groups is 2. The van der Waals surface area contributed by atoms with Crippen LogP contribution in [-0.4, -0.2) is 23.3 Å². The SMILES string of the molecule is O=C(CNC(=O)c1cc([N+](=O)[O-])ccc1Oc1ccccc1)NCc1ccccc1. The van der Waals surface area contributed by atoms with Crippen molar-refractivity contribution in [2.24, 2.45) is 0 Å². The molecule has 0 saturated carbocycles. The van der Waals surface area contributed by atoms with E-state index in [1.165, 1.54) is 12.1 Å². The highest BCUT2D eigenvalue weighted by Gasteiger charge is 2.19. The second-order valence-corrected chi connectivity index (χ2v) is 6.30. The Balaban J connectivity index is 1.67. The number of benzene rings is 3. The highest BCUT2D eigenvalue weighted by Crippen LogP contribution is 2.28. The van der Waals surface area contributed by atoms with Crippen LogP contribution in [0, 0.1) is 10.1 Å². The van der Waals surface area contributed by atoms with Gasteiger partial charge < -0.3 is 15.4 Å². The lowest BCUT2D eigenvalue weighted by atomic mass is 10.1. The van der Waals surface area contributed by atoms with Crippen LogP contribution in [0.5, 0.6) is 11.5 Å². The maximum Gasteiger partial charge on any atom is 0.270 e. The van der Waals surface area contributed by atoms with E-state index in [1.807, 2.05) is 36.4 Å². The summed E-state index contributed by atoms with van der Waals surface area (Å²) in [6.45, 7) is 0.0495. The van der Waals surface area contributed by atoms with Crippen molar-refractivity contribution in [3.05, 3.63) is 100 Å². The molecule has 2 amide bonds. The molecule has 0 aliphatic heterocycles. The Morgan fingerprint density at radius 3 is 2.23 bits per heavy atom. The lowest BCUT2D eigenvalue weighted by Gasteiger charge is -2.12. The van der Waals surface area contributed by atoms with Crippen molar-refractivity contribution >= 4 is 17.5 Å². The van der Waals surface area contributed by atoms with Gasteiger partial charge in [0.05, 0.1) is 17.0 Å². The van der Waals surface area contributed by atoms with E-state index in [1.54, 1.807) is 24.3 Å². The summed E-state index contributed by atoms with van der Waals surface area (Å²) in [5.41, 5.74) is 0.632. The molecule has 152 valence electrons. The second-order valence-electron chi connectivity index (χ2n) is 6.30. The molecule has 30 heavy (non-hydrogen) atoms. The van der Waals surface area contributed by atoms with Crippen LogP contribution in [0.1, 0.15) is 15.9 Å². The van der Waals surface area contributed by atoms with Gasteiger partial charge in [0.2, 0.25) is 5.91 Å². The average Bonchev–Trinajstić information content (AvgIpc) is 2.77. The number of carbonyl (C=O) groups excluding carboxylic acids is 2. The predicted octanol–water partition coefficient (Wildman–Crippen LogP) is 3.43. The first-order valence-corrected chi connectivity index (χ1v) is 9.13. The van der Waals surface area contributed by atoms with Gasteiger partial charge in [-0.1, -0.05) is 48.5 Å². The van der Waals surface area contributed by atoms with Crippen molar-refractivity contribution < 1.29 is 19.2 Å². The molecular weight excluding hydrogens is 386 g/mol. The maximum atomic E-state index is 12.6. The van der Waals surface area contributed by atoms with E-state index >= 15 is 0 Å². The molecule has 3 aromatic carbocycles. The number of para-hydroxylation sites is 1. The second kappa shape index (κ2) is 9.83. The van der Waals surface area contributed by atoms with Crippen LogP contribution >= 0.6 is 0 Å². The third kappa shape index (κ3) is 5.65. The lowest BCUT2D eigenvalue weighted by Crippen LogP contribution is -2.36. The molecule has 0 fully saturated rings. The molecule has 0 unspecified atom stereocenters. The van der Waals surface area contributed by atoms with Gasteiger partial charge in [-0.25, -0.2) is 0 Å². The molecule has 0 aliphatic rings. The van der Waals surface area contributed by atoms with E-state index < -0.39 is 10.8 Å². The fourth-order valence-electron chi connectivity index (χ4n) is 2.63. The van der Waals surface area contributed by atoms with Gasteiger partial charge in [-0.3, -0.25) is 19.7 Å². The van der Waals surface area contributed by atoms with Gasteiger partial charge in [0, 0.05) is 18.7 Å². The Hall–Kier alpha value is -4.20. The van der Waals surface area contributed by atoms with Gasteiger partial charge in [0.25, 0.3) is 11.6 Å². The highest BCUT2D eigenvalue weighted by atomic mass is 16.6. The Morgan fingerprint density at radius 1 is 0.900 bits per heavy atom. The Labute approximate surface area is 172 Å². The number of rotatable bonds is 8. The summed E-state index contributed by atoms with van der Waals surface area (Å²) in [4.78, 5) is 35.2. The number of non-ortho nitro benzene ring substituents is 1. The van der Waals surface area contributed by atoms with Crippen LogP contribution in [0.25, 0.3) is 0 Å². The summed E-state index contributed by atoms with van der Waals surface area (Å²) in [5, 5.41) is 16.3. The minimum atomic E-state index is -0.653. The van der Waals surface area contributed by atoms with Crippen molar-refractivity contribution in [3.63, 3.8) is 0 Å². The van der Waals surface area contributed by atoms with E-state index in [4.69, 9.17) is 4.74 Å². The van der Waals surface area contributed by atoms with Gasteiger partial charge in [-0.15, -0.1) is 0 Å². The Bertz CT molecular complexity index is 1040. The van der Waals surface area contributed by atoms with Crippen LogP contribution in [0.3, 0.4) is 0 Å². The Kier molecular flexibility index (Phi) is 6.73. The molecule has 8 heteroatoms. The lowest BCUT2D eigenvalue weighted by molar-refractivity contribution is -0.384. The van der Waals surface area contributed by atoms with Crippen molar-refractivity contribution in [3.8, 4) is 11.5 Å². The number of amides is 2. The summed E-state index contributed by atoms with van der Waals surface area (Å²) in [6.07, 6.45) is 0. The van der Waals surface area contributed by atoms with E-state index in [9.17, 15) is 19.7 Å². The molecule has 0 aromatic heterocycles. The van der Waals surface area contributed by atoms with Gasteiger partial charge in [-0.05, 0) is 23.8 Å². The van der Waals surface area contributed by atoms with Crippen LogP contribution < -0.4 is 15.4 Å². The minimum Gasteiger partial charge on any atom is -0.457 e. The fourth-order valence-corrected chi connectivity index (χ4v) is 2.63. The largest absolute Gasteiger partial charge is 0.457 e. The Morgan fingerprint density at radius 2 is 1.57 bits per heavy atom. The summed E-state index contributed by atoms with van der Waals surface area (Å²) in [6, 6.07) is 21.8. The first kappa shape index (κ1) is 20.5. The zero-order valence-electron chi connectivity index (χ0n) is 15.9. The molecule has 0 saturated heterocycles. The van der Waals surface area contributed by atoms with Gasteiger partial charge in [-0.2, -0.15) is 0 Å². The van der Waals surface area contributed by atoms with Crippen LogP contribution in [0.15, 0.2) is 78.9 Å². The number of ether oxygens (including phenoxy) is 1. The smallest absolute Gasteiger partial charge is 0.270 e. The first-order chi connectivity index (χ1) is 14.5. The predicted molar refractivity (Wildman–Crippen MR) is 110 cm³/mol. The van der Waals surface area contributed by atoms with Crippen LogP contribution in [0.4, 0.5) is 5.69 Å². The molecular formula is C22H19N3O5. The van der Waals surface area contributed by atoms with Crippen molar-refractivity contribution in [2.45, 2.75) is 6.54 Å². The minimum absolute atomic E-state index is 0.0380. The van der Waals surface area contributed by atoms with Crippen molar-refractivity contribution in [1.82, 2.24) is 10.6 Å². The van der Waals surface area contributed by atoms with E-state index in [0.29, 0.717) is 12.3 Å². The molecule has 3 rings (SSSR count). The zero-order chi connectivity index (χ0) is 21.3. The monoisotopic (exact) mass is 405 g/mol. The number of hydrogen-bond donors (Lipinski definition) is 2. The third-order valence-electron chi connectivity index (χ3n) is 4.13. The summed E-state index contributed by atoms with van der Waals surface area (Å²) >= 11 is 0. The standard InChI is InChI=1S/C22H19N3O5/c26-21(23-14-16-7-3-1-4-8-16)15-24-22(27)19-13-17(25(28)29)11-12-20(19)30-18-9-5-2-6-10-18/h1-13H,14-15H2,(H,23,26)(H,24,27). The average molecular weight is 405 g/mol. The van der Waals surface area contributed by atoms with Gasteiger partial charge in [0.15, 0.2) is 0 Å². The number of nitrogens with one attached hydrogen (secondary N) is 2. The molecule has 3 aromatic rings. The normalized spacial score (nSPS) is 10.1. The third-order valence-corrected chi connectivity index (χ3v) is 4.13. The number of nitrogens with zero attached hydrogens (tertiary/aromatic N) is 1. The van der Waals surface area contributed by atoms with Gasteiger partial charge >= 0.3 is 0 Å². The molecule has 0 heterocycles. The molecule has 0 aliphatic carbocycles. The molecule has 0 radical (unpaired) electrons. The molecule has 0 spiro atoms. The summed E-state index contributed by atoms with van der Waals surface area (Å²) in [5.74, 6) is -0.419. The molecule has 0 bridgehead atoms. The van der Waals surface area contributed by atoms with Crippen LogP contribution in [0.2, 0.25) is 0 Å². The quantitative estimate of drug-likeness (QED) is 0.441. The van der Waals surface area contributed by atoms with Crippen LogP contribution in [-0.2, 0) is 11.3 Å². The van der Waals surface area contributed by atoms with E-state index in [-0.39, 0.29) is 29.5 Å². The van der Waals surface area contributed by atoms with E-state index in [0.717, 1.165) is 11.6 Å². The molecule has 2 N–H and O–H groups in total. The van der Waals surface area contributed by atoms with Crippen molar-refractivity contribution in [2.75, 3.05) is 6.54 Å². The summed E-state index contributed by atoms with van der Waals surface area (Å²) < 4.78 is 5.69. The molecule has 8 nitrogen and oxygen atoms in total.